The van der Waals surface area contributed by atoms with E-state index in [-0.39, 0.29) is 11.5 Å². The van der Waals surface area contributed by atoms with Crippen molar-refractivity contribution in [3.63, 3.8) is 0 Å². The second-order valence-corrected chi connectivity index (χ2v) is 6.30. The lowest BCUT2D eigenvalue weighted by Crippen LogP contribution is -2.52. The largest absolute Gasteiger partial charge is 0.366 e. The molecule has 6 nitrogen and oxygen atoms in total. The van der Waals surface area contributed by atoms with E-state index in [1.54, 1.807) is 6.07 Å². The van der Waals surface area contributed by atoms with Gasteiger partial charge in [-0.3, -0.25) is 9.59 Å². The first-order valence-electron chi connectivity index (χ1n) is 8.04. The van der Waals surface area contributed by atoms with E-state index in [9.17, 15) is 19.1 Å². The number of hydrogen-bond acceptors (Lipinski definition) is 4. The van der Waals surface area contributed by atoms with Crippen molar-refractivity contribution in [1.82, 2.24) is 10.6 Å². The van der Waals surface area contributed by atoms with Crippen LogP contribution in [0, 0.1) is 11.7 Å². The van der Waals surface area contributed by atoms with Gasteiger partial charge in [0.25, 0.3) is 5.91 Å². The molecule has 2 rings (SSSR count). The number of ether oxygens (including phenoxy) is 1. The summed E-state index contributed by atoms with van der Waals surface area (Å²) in [5.41, 5.74) is -0.108. The zero-order chi connectivity index (χ0) is 17.7. The van der Waals surface area contributed by atoms with Crippen LogP contribution in [0.5, 0.6) is 0 Å². The highest BCUT2D eigenvalue weighted by molar-refractivity contribution is 5.97. The molecule has 0 aromatic heterocycles. The summed E-state index contributed by atoms with van der Waals surface area (Å²) in [6, 6.07) is 4.29. The summed E-state index contributed by atoms with van der Waals surface area (Å²) in [6.45, 7) is 4.20. The molecule has 3 N–H and O–H groups in total. The molecule has 2 amide bonds. The number of halogens is 1. The summed E-state index contributed by atoms with van der Waals surface area (Å²) < 4.78 is 18.7. The lowest BCUT2D eigenvalue weighted by atomic mass is 10.0. The number of aliphatic hydroxyl groups is 1. The average molecular weight is 338 g/mol. The molecule has 1 aromatic rings. The fraction of sp³-hybridized carbons (Fsp3) is 0.529. The fourth-order valence-corrected chi connectivity index (χ4v) is 2.59. The minimum atomic E-state index is -1.05. The van der Waals surface area contributed by atoms with Crippen LogP contribution in [0.2, 0.25) is 0 Å². The molecule has 24 heavy (non-hydrogen) atoms. The highest BCUT2D eigenvalue weighted by Gasteiger charge is 2.31. The van der Waals surface area contributed by atoms with Crippen molar-refractivity contribution in [2.45, 2.75) is 45.1 Å². The van der Waals surface area contributed by atoms with E-state index in [0.717, 1.165) is 0 Å². The second-order valence-electron chi connectivity index (χ2n) is 6.30. The topological polar surface area (TPSA) is 87.7 Å². The fourth-order valence-electron chi connectivity index (χ4n) is 2.59. The third kappa shape index (κ3) is 4.75. The van der Waals surface area contributed by atoms with E-state index in [1.165, 1.54) is 18.2 Å². The maximum absolute atomic E-state index is 13.7. The number of amides is 2. The summed E-state index contributed by atoms with van der Waals surface area (Å²) in [5, 5.41) is 14.9. The molecule has 1 aromatic carbocycles. The van der Waals surface area contributed by atoms with Gasteiger partial charge in [0.05, 0.1) is 18.2 Å². The van der Waals surface area contributed by atoms with Crippen LogP contribution in [0.3, 0.4) is 0 Å². The van der Waals surface area contributed by atoms with Crippen molar-refractivity contribution in [3.05, 3.63) is 35.6 Å². The first-order valence-corrected chi connectivity index (χ1v) is 8.04. The summed E-state index contributed by atoms with van der Waals surface area (Å²) in [5.74, 6) is -1.55. The van der Waals surface area contributed by atoms with Crippen LogP contribution in [-0.2, 0) is 9.53 Å². The minimum Gasteiger partial charge on any atom is -0.366 e. The maximum Gasteiger partial charge on any atom is 0.254 e. The number of nitrogens with one attached hydrogen (secondary N) is 2. The van der Waals surface area contributed by atoms with Gasteiger partial charge in [0.15, 0.2) is 6.29 Å². The normalized spacial score (nSPS) is 21.5. The van der Waals surface area contributed by atoms with Gasteiger partial charge in [0.1, 0.15) is 11.9 Å². The summed E-state index contributed by atoms with van der Waals surface area (Å²) in [4.78, 5) is 24.7. The molecule has 1 aliphatic heterocycles. The molecule has 1 heterocycles. The van der Waals surface area contributed by atoms with Gasteiger partial charge in [-0.1, -0.05) is 26.0 Å². The third-order valence-corrected chi connectivity index (χ3v) is 3.84. The molecular formula is C17H23FN2O4. The van der Waals surface area contributed by atoms with Crippen molar-refractivity contribution in [2.75, 3.05) is 6.61 Å². The molecule has 1 fully saturated rings. The van der Waals surface area contributed by atoms with Crippen LogP contribution in [0.25, 0.3) is 0 Å². The molecule has 0 spiro atoms. The van der Waals surface area contributed by atoms with Gasteiger partial charge in [-0.05, 0) is 30.9 Å². The molecule has 1 aliphatic rings. The SMILES string of the molecule is CC(C)CC(NC(=O)c1ccccc1F)C(=O)NC1CCOC1O. The highest BCUT2D eigenvalue weighted by Crippen LogP contribution is 2.13. The van der Waals surface area contributed by atoms with Gasteiger partial charge in [0.2, 0.25) is 5.91 Å². The molecule has 0 radical (unpaired) electrons. The van der Waals surface area contributed by atoms with E-state index in [4.69, 9.17) is 4.74 Å². The monoisotopic (exact) mass is 338 g/mol. The molecule has 132 valence electrons. The summed E-state index contributed by atoms with van der Waals surface area (Å²) in [7, 11) is 0. The Balaban J connectivity index is 2.06. The van der Waals surface area contributed by atoms with E-state index in [2.05, 4.69) is 10.6 Å². The van der Waals surface area contributed by atoms with E-state index < -0.39 is 36.0 Å². The molecule has 7 heteroatoms. The summed E-state index contributed by atoms with van der Waals surface area (Å²) in [6.07, 6.45) is -0.144. The van der Waals surface area contributed by atoms with E-state index >= 15 is 0 Å². The molecule has 0 bridgehead atoms. The van der Waals surface area contributed by atoms with Crippen molar-refractivity contribution in [3.8, 4) is 0 Å². The Hall–Kier alpha value is -1.99. The lowest BCUT2D eigenvalue weighted by Gasteiger charge is -2.23. The third-order valence-electron chi connectivity index (χ3n) is 3.84. The number of aliphatic hydroxyl groups excluding tert-OH is 1. The lowest BCUT2D eigenvalue weighted by molar-refractivity contribution is -0.127. The predicted octanol–water partition coefficient (Wildman–Crippen LogP) is 1.19. The molecule has 1 saturated heterocycles. The average Bonchev–Trinajstić information content (AvgIpc) is 2.91. The number of rotatable bonds is 6. The Morgan fingerprint density at radius 3 is 2.67 bits per heavy atom. The van der Waals surface area contributed by atoms with E-state index in [1.807, 2.05) is 13.8 Å². The zero-order valence-electron chi connectivity index (χ0n) is 13.8. The molecular weight excluding hydrogens is 315 g/mol. The minimum absolute atomic E-state index is 0.108. The van der Waals surface area contributed by atoms with Crippen LogP contribution in [-0.4, -0.2) is 41.9 Å². The Labute approximate surface area is 140 Å². The first kappa shape index (κ1) is 18.4. The van der Waals surface area contributed by atoms with Crippen LogP contribution in [0.1, 0.15) is 37.0 Å². The molecule has 0 saturated carbocycles. The molecule has 0 aliphatic carbocycles. The Bertz CT molecular complexity index is 594. The van der Waals surface area contributed by atoms with Crippen molar-refractivity contribution in [2.24, 2.45) is 5.92 Å². The van der Waals surface area contributed by atoms with Crippen molar-refractivity contribution in [1.29, 1.82) is 0 Å². The Morgan fingerprint density at radius 2 is 2.08 bits per heavy atom. The number of carbonyl (C=O) groups is 2. The number of carbonyl (C=O) groups excluding carboxylic acids is 2. The molecule has 3 atom stereocenters. The maximum atomic E-state index is 13.7. The summed E-state index contributed by atoms with van der Waals surface area (Å²) >= 11 is 0. The second kappa shape index (κ2) is 8.21. The number of hydrogen-bond donors (Lipinski definition) is 3. The van der Waals surface area contributed by atoms with Crippen molar-refractivity contribution < 1.29 is 23.8 Å². The van der Waals surface area contributed by atoms with Crippen LogP contribution in [0.4, 0.5) is 4.39 Å². The van der Waals surface area contributed by atoms with Gasteiger partial charge >= 0.3 is 0 Å². The van der Waals surface area contributed by atoms with E-state index in [0.29, 0.717) is 19.4 Å². The van der Waals surface area contributed by atoms with Crippen molar-refractivity contribution >= 4 is 11.8 Å². The quantitative estimate of drug-likeness (QED) is 0.727. The van der Waals surface area contributed by atoms with Gasteiger partial charge in [-0.2, -0.15) is 0 Å². The van der Waals surface area contributed by atoms with Gasteiger partial charge in [-0.25, -0.2) is 4.39 Å². The van der Waals surface area contributed by atoms with Crippen LogP contribution in [0.15, 0.2) is 24.3 Å². The number of benzene rings is 1. The first-order chi connectivity index (χ1) is 11.4. The standard InChI is InChI=1S/C17H23FN2O4/c1-10(2)9-14(16(22)19-13-7-8-24-17(13)23)20-15(21)11-5-3-4-6-12(11)18/h3-6,10,13-14,17,23H,7-9H2,1-2H3,(H,19,22)(H,20,21). The van der Waals surface area contributed by atoms with Gasteiger partial charge in [-0.15, -0.1) is 0 Å². The van der Waals surface area contributed by atoms with Crippen LogP contribution >= 0.6 is 0 Å². The van der Waals surface area contributed by atoms with Gasteiger partial charge in [0, 0.05) is 0 Å². The Kier molecular flexibility index (Phi) is 6.28. The van der Waals surface area contributed by atoms with Crippen LogP contribution < -0.4 is 10.6 Å². The Morgan fingerprint density at radius 1 is 1.38 bits per heavy atom. The van der Waals surface area contributed by atoms with Gasteiger partial charge < -0.3 is 20.5 Å². The zero-order valence-corrected chi connectivity index (χ0v) is 13.8. The smallest absolute Gasteiger partial charge is 0.254 e. The predicted molar refractivity (Wildman–Crippen MR) is 85.6 cm³/mol. The molecule has 3 unspecified atom stereocenters. The highest BCUT2D eigenvalue weighted by atomic mass is 19.1.